The van der Waals surface area contributed by atoms with Gasteiger partial charge in [0, 0.05) is 55.8 Å². The van der Waals surface area contributed by atoms with Crippen molar-refractivity contribution in [3.05, 3.63) is 34.9 Å². The number of likely N-dealkylation sites (N-methyl/N-ethyl adjacent to an activating group) is 1. The summed E-state index contributed by atoms with van der Waals surface area (Å²) in [5.74, 6) is 0.0704. The Labute approximate surface area is 275 Å². The highest BCUT2D eigenvalue weighted by atomic mass is 35.5. The fourth-order valence-electron chi connectivity index (χ4n) is 8.37. The first-order valence-corrected chi connectivity index (χ1v) is 18.8. The highest BCUT2D eigenvalue weighted by Gasteiger charge is 2.45. The van der Waals surface area contributed by atoms with Gasteiger partial charge in [-0.1, -0.05) is 36.6 Å². The Balaban J connectivity index is 1.35. The quantitative estimate of drug-likeness (QED) is 0.211. The van der Waals surface area contributed by atoms with Crippen molar-refractivity contribution in [1.29, 1.82) is 0 Å². The Morgan fingerprint density at radius 2 is 1.87 bits per heavy atom. The van der Waals surface area contributed by atoms with Crippen LogP contribution in [0.4, 0.5) is 4.79 Å². The zero-order valence-electron chi connectivity index (χ0n) is 27.0. The third-order valence-corrected chi connectivity index (χ3v) is 13.0. The average Bonchev–Trinajstić information content (AvgIpc) is 3.10. The Hall–Kier alpha value is -1.60. The molecule has 0 spiro atoms. The molecule has 0 aromatic heterocycles. The van der Waals surface area contributed by atoms with Gasteiger partial charge in [0.2, 0.25) is 5.91 Å². The van der Waals surface area contributed by atoms with Gasteiger partial charge in [-0.2, -0.15) is 0 Å². The third-order valence-electron chi connectivity index (χ3n) is 10.7. The first-order chi connectivity index (χ1) is 21.3. The van der Waals surface area contributed by atoms with Crippen LogP contribution in [0.5, 0.6) is 0 Å². The van der Waals surface area contributed by atoms with Crippen LogP contribution in [-0.4, -0.2) is 97.7 Å². The SMILES string of the molecule is CN(C(=O)O)[C@H](C(=O)N[C@H]1CCCC[C@@H]1CC[C@H]1CN[C@@H]2CCCS(O)(O)N1C2)[C@@H](c1ccc(Cl)cc1)[C@@H]1CCOC(C)(C)C1. The lowest BCUT2D eigenvalue weighted by Gasteiger charge is -2.49. The van der Waals surface area contributed by atoms with Crippen LogP contribution in [0.25, 0.3) is 0 Å². The van der Waals surface area contributed by atoms with Gasteiger partial charge >= 0.3 is 6.09 Å². The van der Waals surface area contributed by atoms with Crippen molar-refractivity contribution >= 4 is 34.4 Å². The van der Waals surface area contributed by atoms with E-state index in [2.05, 4.69) is 10.6 Å². The highest BCUT2D eigenvalue weighted by molar-refractivity contribution is 8.22. The first kappa shape index (κ1) is 34.7. The molecule has 0 radical (unpaired) electrons. The summed E-state index contributed by atoms with van der Waals surface area (Å²) in [5.41, 5.74) is 0.518. The summed E-state index contributed by atoms with van der Waals surface area (Å²) < 4.78 is 29.8. The van der Waals surface area contributed by atoms with Crippen molar-refractivity contribution in [3.63, 3.8) is 0 Å². The minimum Gasteiger partial charge on any atom is -0.465 e. The summed E-state index contributed by atoms with van der Waals surface area (Å²) in [7, 11) is -1.27. The van der Waals surface area contributed by atoms with Crippen LogP contribution in [0.3, 0.4) is 0 Å². The molecule has 3 saturated heterocycles. The van der Waals surface area contributed by atoms with E-state index < -0.39 is 22.9 Å². The van der Waals surface area contributed by atoms with Crippen LogP contribution in [-0.2, 0) is 9.53 Å². The number of piperazine rings is 1. The number of nitrogens with one attached hydrogen (secondary N) is 2. The van der Waals surface area contributed by atoms with Gasteiger partial charge in [0.05, 0.1) is 11.4 Å². The number of carboxylic acid groups (broad SMARTS) is 1. The first-order valence-electron chi connectivity index (χ1n) is 16.8. The van der Waals surface area contributed by atoms with Crippen molar-refractivity contribution in [3.8, 4) is 0 Å². The standard InChI is InChI=1S/C33H53ClN4O6S/c1-33(2)19-24(16-17-44-33)29(23-10-13-25(34)14-11-23)30(37(3)32(40)41)31(39)36-28-9-5-4-7-22(28)12-15-27-20-35-26-8-6-18-45(42,43)38(27)21-26/h10-11,13-14,22,24,26-30,35,42-43H,4-9,12,15-21H2,1-3H3,(H,36,39)(H,40,41)/t22-,24-,26-,27+,28+,29+,30+/m1/s1. The number of halogens is 1. The second-order valence-corrected chi connectivity index (χ2v) is 16.9. The number of hydrogen-bond donors (Lipinski definition) is 5. The molecule has 3 heterocycles. The molecule has 1 aromatic rings. The maximum atomic E-state index is 14.4. The van der Waals surface area contributed by atoms with Crippen LogP contribution < -0.4 is 10.6 Å². The fourth-order valence-corrected chi connectivity index (χ4v) is 10.4. The van der Waals surface area contributed by atoms with E-state index in [1.54, 1.807) is 0 Å². The minimum atomic E-state index is -2.77. The molecule has 1 aliphatic carbocycles. The number of nitrogens with zero attached hydrogens (tertiary/aromatic N) is 2. The molecule has 10 nitrogen and oxygen atoms in total. The minimum absolute atomic E-state index is 0.0330. The molecule has 5 N–H and O–H groups in total. The third kappa shape index (κ3) is 8.47. The highest BCUT2D eigenvalue weighted by Crippen LogP contribution is 2.49. The topological polar surface area (TPSA) is 135 Å². The van der Waals surface area contributed by atoms with Gasteiger partial charge < -0.3 is 20.5 Å². The van der Waals surface area contributed by atoms with Gasteiger partial charge in [0.25, 0.3) is 0 Å². The number of carbonyl (C=O) groups is 2. The molecule has 254 valence electrons. The largest absolute Gasteiger partial charge is 0.465 e. The molecule has 3 aliphatic heterocycles. The number of amides is 2. The van der Waals surface area contributed by atoms with Crippen LogP contribution >= 0.6 is 22.4 Å². The number of benzene rings is 1. The molecule has 1 unspecified atom stereocenters. The summed E-state index contributed by atoms with van der Waals surface area (Å²) >= 11 is 6.25. The molecule has 5 rings (SSSR count). The maximum Gasteiger partial charge on any atom is 0.407 e. The molecule has 2 bridgehead atoms. The second-order valence-electron chi connectivity index (χ2n) is 14.4. The Morgan fingerprint density at radius 1 is 1.13 bits per heavy atom. The number of fused-ring (bicyclic) bond motifs is 2. The van der Waals surface area contributed by atoms with E-state index in [-0.39, 0.29) is 41.3 Å². The van der Waals surface area contributed by atoms with E-state index in [9.17, 15) is 23.8 Å². The lowest BCUT2D eigenvalue weighted by Crippen LogP contribution is -2.57. The maximum absolute atomic E-state index is 14.4. The summed E-state index contributed by atoms with van der Waals surface area (Å²) in [6.07, 6.45) is 7.68. The molecular weight excluding hydrogens is 616 g/mol. The predicted molar refractivity (Wildman–Crippen MR) is 179 cm³/mol. The van der Waals surface area contributed by atoms with Crippen molar-refractivity contribution < 1.29 is 28.5 Å². The van der Waals surface area contributed by atoms with E-state index in [1.165, 1.54) is 11.9 Å². The summed E-state index contributed by atoms with van der Waals surface area (Å²) in [5, 5.41) is 17.8. The van der Waals surface area contributed by atoms with Gasteiger partial charge in [0.15, 0.2) is 0 Å². The van der Waals surface area contributed by atoms with E-state index in [4.69, 9.17) is 16.3 Å². The number of ether oxygens (including phenoxy) is 1. The zero-order chi connectivity index (χ0) is 32.4. The molecule has 4 fully saturated rings. The van der Waals surface area contributed by atoms with Crippen molar-refractivity contribution in [2.75, 3.05) is 32.5 Å². The van der Waals surface area contributed by atoms with Gasteiger partial charge in [-0.15, -0.1) is 10.8 Å². The van der Waals surface area contributed by atoms with Crippen LogP contribution in [0, 0.1) is 11.8 Å². The molecule has 1 aromatic carbocycles. The summed E-state index contributed by atoms with van der Waals surface area (Å²) in [6.45, 7) is 6.05. The molecule has 45 heavy (non-hydrogen) atoms. The van der Waals surface area contributed by atoms with Gasteiger partial charge in [-0.3, -0.25) is 18.8 Å². The molecule has 12 heteroatoms. The molecule has 8 atom stereocenters. The average molecular weight is 669 g/mol. The lowest BCUT2D eigenvalue weighted by molar-refractivity contribution is -0.130. The van der Waals surface area contributed by atoms with Gasteiger partial charge in [-0.05, 0) is 94.7 Å². The van der Waals surface area contributed by atoms with Crippen LogP contribution in [0.1, 0.15) is 89.5 Å². The molecular formula is C33H53ClN4O6S. The fraction of sp³-hybridized carbons (Fsp3) is 0.758. The van der Waals surface area contributed by atoms with Gasteiger partial charge in [0.1, 0.15) is 6.04 Å². The van der Waals surface area contributed by atoms with Crippen molar-refractivity contribution in [2.24, 2.45) is 11.8 Å². The van der Waals surface area contributed by atoms with Crippen LogP contribution in [0.2, 0.25) is 5.02 Å². The van der Waals surface area contributed by atoms with E-state index in [0.717, 1.165) is 69.9 Å². The van der Waals surface area contributed by atoms with E-state index in [1.807, 2.05) is 42.4 Å². The normalized spacial score (nSPS) is 33.2. The number of carbonyl (C=O) groups excluding carboxylic acids is 1. The summed E-state index contributed by atoms with van der Waals surface area (Å²) in [4.78, 5) is 28.1. The molecule has 1 saturated carbocycles. The van der Waals surface area contributed by atoms with Crippen molar-refractivity contribution in [1.82, 2.24) is 19.8 Å². The number of hydrogen-bond acceptors (Lipinski definition) is 7. The van der Waals surface area contributed by atoms with Crippen molar-refractivity contribution in [2.45, 2.75) is 114 Å². The molecule has 2 amide bonds. The summed E-state index contributed by atoms with van der Waals surface area (Å²) in [6, 6.07) is 6.81. The smallest absolute Gasteiger partial charge is 0.407 e. The Kier molecular flexibility index (Phi) is 11.3. The number of rotatable bonds is 9. The van der Waals surface area contributed by atoms with Gasteiger partial charge in [-0.25, -0.2) is 9.10 Å². The van der Waals surface area contributed by atoms with E-state index in [0.29, 0.717) is 36.4 Å². The Morgan fingerprint density at radius 3 is 2.58 bits per heavy atom. The lowest BCUT2D eigenvalue weighted by atomic mass is 9.72. The second kappa shape index (κ2) is 14.7. The predicted octanol–water partition coefficient (Wildman–Crippen LogP) is 6.16. The van der Waals surface area contributed by atoms with Crippen LogP contribution in [0.15, 0.2) is 24.3 Å². The van der Waals surface area contributed by atoms with E-state index >= 15 is 0 Å². The Bertz CT molecular complexity index is 1170. The molecule has 4 aliphatic rings. The monoisotopic (exact) mass is 668 g/mol. The zero-order valence-corrected chi connectivity index (χ0v) is 28.6.